The maximum absolute atomic E-state index is 12.1. The molecule has 0 radical (unpaired) electrons. The molecule has 2 aromatic carbocycles. The van der Waals surface area contributed by atoms with E-state index in [1.165, 1.54) is 11.6 Å². The van der Waals surface area contributed by atoms with Gasteiger partial charge in [0.1, 0.15) is 0 Å². The zero-order chi connectivity index (χ0) is 17.5. The number of carbonyl (C=O) groups excluding carboxylic acids is 1. The second-order valence-electron chi connectivity index (χ2n) is 5.48. The van der Waals surface area contributed by atoms with Crippen molar-refractivity contribution in [2.75, 3.05) is 19.0 Å². The van der Waals surface area contributed by atoms with Gasteiger partial charge in [0, 0.05) is 11.8 Å². The van der Waals surface area contributed by atoms with E-state index in [2.05, 4.69) is 5.32 Å². The molecular formula is C20H23NO3. The minimum absolute atomic E-state index is 0.171. The zero-order valence-corrected chi connectivity index (χ0v) is 14.6. The van der Waals surface area contributed by atoms with Crippen LogP contribution in [0.15, 0.2) is 42.5 Å². The number of amides is 1. The molecule has 0 saturated carbocycles. The maximum atomic E-state index is 12.1. The monoisotopic (exact) mass is 325 g/mol. The van der Waals surface area contributed by atoms with Crippen molar-refractivity contribution in [2.45, 2.75) is 20.8 Å². The quantitative estimate of drug-likeness (QED) is 0.803. The Morgan fingerprint density at radius 3 is 2.58 bits per heavy atom. The van der Waals surface area contributed by atoms with Gasteiger partial charge in [-0.25, -0.2) is 0 Å². The zero-order valence-electron chi connectivity index (χ0n) is 14.6. The molecule has 126 valence electrons. The highest BCUT2D eigenvalue weighted by atomic mass is 16.5. The first-order chi connectivity index (χ1) is 11.5. The van der Waals surface area contributed by atoms with Crippen LogP contribution in [0.25, 0.3) is 6.08 Å². The molecule has 0 unspecified atom stereocenters. The van der Waals surface area contributed by atoms with Crippen LogP contribution in [0, 0.1) is 13.8 Å². The molecule has 0 aliphatic heterocycles. The molecule has 2 aromatic rings. The Morgan fingerprint density at radius 1 is 1.12 bits per heavy atom. The van der Waals surface area contributed by atoms with E-state index in [4.69, 9.17) is 9.47 Å². The first-order valence-electron chi connectivity index (χ1n) is 7.90. The number of anilines is 1. The minimum Gasteiger partial charge on any atom is -0.493 e. The second kappa shape index (κ2) is 8.20. The number of hydrogen-bond donors (Lipinski definition) is 1. The van der Waals surface area contributed by atoms with Gasteiger partial charge in [-0.1, -0.05) is 23.8 Å². The lowest BCUT2D eigenvalue weighted by atomic mass is 10.1. The van der Waals surface area contributed by atoms with E-state index >= 15 is 0 Å². The van der Waals surface area contributed by atoms with E-state index in [-0.39, 0.29) is 5.91 Å². The van der Waals surface area contributed by atoms with E-state index in [0.29, 0.717) is 18.1 Å². The summed E-state index contributed by atoms with van der Waals surface area (Å²) in [5, 5.41) is 2.89. The lowest BCUT2D eigenvalue weighted by Gasteiger charge is -2.09. The number of nitrogens with one attached hydrogen (secondary N) is 1. The fourth-order valence-electron chi connectivity index (χ4n) is 2.36. The predicted octanol–water partition coefficient (Wildman–Crippen LogP) is 4.36. The van der Waals surface area contributed by atoms with Gasteiger partial charge in [0.2, 0.25) is 5.91 Å². The topological polar surface area (TPSA) is 47.6 Å². The SMILES string of the molecule is CCOc1ccc(/C=C/C(=O)Nc2ccc(C)cc2C)cc1OC. The Morgan fingerprint density at radius 2 is 1.92 bits per heavy atom. The molecule has 24 heavy (non-hydrogen) atoms. The van der Waals surface area contributed by atoms with Crippen LogP contribution in [0.4, 0.5) is 5.69 Å². The van der Waals surface area contributed by atoms with E-state index in [1.807, 2.05) is 57.2 Å². The third-order valence-corrected chi connectivity index (χ3v) is 3.55. The summed E-state index contributed by atoms with van der Waals surface area (Å²) in [4.78, 5) is 12.1. The molecular weight excluding hydrogens is 302 g/mol. The van der Waals surface area contributed by atoms with Crippen molar-refractivity contribution in [3.05, 3.63) is 59.2 Å². The number of benzene rings is 2. The van der Waals surface area contributed by atoms with Crippen LogP contribution in [0.3, 0.4) is 0 Å². The van der Waals surface area contributed by atoms with Gasteiger partial charge in [-0.05, 0) is 56.2 Å². The van der Waals surface area contributed by atoms with E-state index in [0.717, 1.165) is 16.8 Å². The summed E-state index contributed by atoms with van der Waals surface area (Å²) < 4.78 is 10.8. The van der Waals surface area contributed by atoms with Crippen LogP contribution in [0.1, 0.15) is 23.6 Å². The molecule has 0 aliphatic carbocycles. The summed E-state index contributed by atoms with van der Waals surface area (Å²) in [6, 6.07) is 11.5. The Kier molecular flexibility index (Phi) is 6.01. The summed E-state index contributed by atoms with van der Waals surface area (Å²) in [6.45, 7) is 6.50. The minimum atomic E-state index is -0.171. The standard InChI is InChI=1S/C20H23NO3/c1-5-24-18-10-7-16(13-19(18)23-4)8-11-20(22)21-17-9-6-14(2)12-15(17)3/h6-13H,5H2,1-4H3,(H,21,22)/b11-8+. The average molecular weight is 325 g/mol. The predicted molar refractivity (Wildman–Crippen MR) is 97.7 cm³/mol. The molecule has 0 atom stereocenters. The lowest BCUT2D eigenvalue weighted by Crippen LogP contribution is -2.08. The highest BCUT2D eigenvalue weighted by Crippen LogP contribution is 2.28. The Hall–Kier alpha value is -2.75. The van der Waals surface area contributed by atoms with Crippen molar-refractivity contribution in [1.29, 1.82) is 0 Å². The molecule has 0 fully saturated rings. The Labute approximate surface area is 143 Å². The van der Waals surface area contributed by atoms with Gasteiger partial charge in [0.15, 0.2) is 11.5 Å². The highest BCUT2D eigenvalue weighted by Gasteiger charge is 2.05. The van der Waals surface area contributed by atoms with Crippen molar-refractivity contribution < 1.29 is 14.3 Å². The second-order valence-corrected chi connectivity index (χ2v) is 5.48. The average Bonchev–Trinajstić information content (AvgIpc) is 2.56. The van der Waals surface area contributed by atoms with E-state index < -0.39 is 0 Å². The largest absolute Gasteiger partial charge is 0.493 e. The van der Waals surface area contributed by atoms with Gasteiger partial charge in [-0.15, -0.1) is 0 Å². The van der Waals surface area contributed by atoms with Crippen molar-refractivity contribution in [3.63, 3.8) is 0 Å². The third-order valence-electron chi connectivity index (χ3n) is 3.55. The fraction of sp³-hybridized carbons (Fsp3) is 0.250. The number of methoxy groups -OCH3 is 1. The molecule has 4 nitrogen and oxygen atoms in total. The lowest BCUT2D eigenvalue weighted by molar-refractivity contribution is -0.111. The van der Waals surface area contributed by atoms with Crippen LogP contribution in [0.2, 0.25) is 0 Å². The van der Waals surface area contributed by atoms with E-state index in [1.54, 1.807) is 13.2 Å². The van der Waals surface area contributed by atoms with Crippen molar-refractivity contribution in [2.24, 2.45) is 0 Å². The Balaban J connectivity index is 2.08. The molecule has 0 aromatic heterocycles. The number of aryl methyl sites for hydroxylation is 2. The van der Waals surface area contributed by atoms with Crippen LogP contribution in [0.5, 0.6) is 11.5 Å². The number of ether oxygens (including phenoxy) is 2. The third kappa shape index (κ3) is 4.62. The van der Waals surface area contributed by atoms with Gasteiger partial charge >= 0.3 is 0 Å². The first-order valence-corrected chi connectivity index (χ1v) is 7.90. The van der Waals surface area contributed by atoms with Gasteiger partial charge in [-0.3, -0.25) is 4.79 Å². The van der Waals surface area contributed by atoms with Crippen LogP contribution in [-0.2, 0) is 4.79 Å². The van der Waals surface area contributed by atoms with Gasteiger partial charge < -0.3 is 14.8 Å². The summed E-state index contributed by atoms with van der Waals surface area (Å²) in [7, 11) is 1.60. The normalized spacial score (nSPS) is 10.7. The van der Waals surface area contributed by atoms with Gasteiger partial charge in [0.05, 0.1) is 13.7 Å². The molecule has 2 rings (SSSR count). The maximum Gasteiger partial charge on any atom is 0.248 e. The van der Waals surface area contributed by atoms with Crippen molar-refractivity contribution in [1.82, 2.24) is 0 Å². The van der Waals surface area contributed by atoms with Gasteiger partial charge in [0.25, 0.3) is 0 Å². The smallest absolute Gasteiger partial charge is 0.248 e. The molecule has 0 bridgehead atoms. The van der Waals surface area contributed by atoms with Crippen LogP contribution >= 0.6 is 0 Å². The van der Waals surface area contributed by atoms with Crippen LogP contribution < -0.4 is 14.8 Å². The fourth-order valence-corrected chi connectivity index (χ4v) is 2.36. The Bertz CT molecular complexity index is 751. The summed E-state index contributed by atoms with van der Waals surface area (Å²) in [5.74, 6) is 1.17. The molecule has 0 spiro atoms. The number of rotatable bonds is 6. The first kappa shape index (κ1) is 17.6. The summed E-state index contributed by atoms with van der Waals surface area (Å²) in [6.07, 6.45) is 3.26. The van der Waals surface area contributed by atoms with Crippen molar-refractivity contribution in [3.8, 4) is 11.5 Å². The number of hydrogen-bond acceptors (Lipinski definition) is 3. The molecule has 1 amide bonds. The highest BCUT2D eigenvalue weighted by molar-refractivity contribution is 6.02. The van der Waals surface area contributed by atoms with Gasteiger partial charge in [-0.2, -0.15) is 0 Å². The molecule has 4 heteroatoms. The molecule has 0 saturated heterocycles. The summed E-state index contributed by atoms with van der Waals surface area (Å²) >= 11 is 0. The van der Waals surface area contributed by atoms with Crippen LogP contribution in [-0.4, -0.2) is 19.6 Å². The van der Waals surface area contributed by atoms with E-state index in [9.17, 15) is 4.79 Å². The summed E-state index contributed by atoms with van der Waals surface area (Å²) in [5.41, 5.74) is 3.90. The molecule has 1 N–H and O–H groups in total. The molecule has 0 heterocycles. The van der Waals surface area contributed by atoms with Crippen molar-refractivity contribution >= 4 is 17.7 Å². The molecule has 0 aliphatic rings. The number of carbonyl (C=O) groups is 1.